The Morgan fingerprint density at radius 3 is 2.86 bits per heavy atom. The van der Waals surface area contributed by atoms with Crippen LogP contribution in [0.15, 0.2) is 30.3 Å². The first-order chi connectivity index (χ1) is 10.2. The van der Waals surface area contributed by atoms with E-state index in [0.29, 0.717) is 0 Å². The molecule has 0 spiro atoms. The van der Waals surface area contributed by atoms with E-state index < -0.39 is 0 Å². The Morgan fingerprint density at radius 1 is 1.33 bits per heavy atom. The molecular weight excluding hydrogens is 260 g/mol. The van der Waals surface area contributed by atoms with Crippen LogP contribution in [0.4, 0.5) is 0 Å². The van der Waals surface area contributed by atoms with Crippen LogP contribution in [0.25, 0.3) is 0 Å². The van der Waals surface area contributed by atoms with Crippen LogP contribution in [-0.2, 0) is 31.7 Å². The second-order valence-electron chi connectivity index (χ2n) is 6.23. The molecule has 3 rings (SSSR count). The zero-order valence-corrected chi connectivity index (χ0v) is 13.0. The third-order valence-electron chi connectivity index (χ3n) is 4.90. The van der Waals surface area contributed by atoms with Crippen molar-refractivity contribution in [2.75, 3.05) is 6.61 Å². The predicted octanol–water partition coefficient (Wildman–Crippen LogP) is 2.79. The Labute approximate surface area is 126 Å². The first-order valence-corrected chi connectivity index (χ1v) is 7.89. The molecule has 21 heavy (non-hydrogen) atoms. The minimum Gasteiger partial charge on any atom is -0.395 e. The Kier molecular flexibility index (Phi) is 3.85. The van der Waals surface area contributed by atoms with Gasteiger partial charge in [-0.25, -0.2) is 0 Å². The number of aliphatic hydroxyl groups is 1. The van der Waals surface area contributed by atoms with Gasteiger partial charge in [0, 0.05) is 24.6 Å². The molecule has 3 heteroatoms. The van der Waals surface area contributed by atoms with E-state index in [2.05, 4.69) is 42.4 Å². The van der Waals surface area contributed by atoms with Gasteiger partial charge in [-0.05, 0) is 42.9 Å². The maximum absolute atomic E-state index is 10.2. The zero-order valence-electron chi connectivity index (χ0n) is 13.0. The van der Waals surface area contributed by atoms with Gasteiger partial charge < -0.3 is 5.11 Å². The van der Waals surface area contributed by atoms with Crippen LogP contribution in [0.2, 0.25) is 0 Å². The maximum atomic E-state index is 10.2. The van der Waals surface area contributed by atoms with Crippen LogP contribution < -0.4 is 0 Å². The summed E-state index contributed by atoms with van der Waals surface area (Å²) in [6, 6.07) is 10.8. The van der Waals surface area contributed by atoms with Crippen molar-refractivity contribution in [3.05, 3.63) is 52.8 Å². The van der Waals surface area contributed by atoms with Crippen LogP contribution in [0.3, 0.4) is 0 Å². The highest BCUT2D eigenvalue weighted by Crippen LogP contribution is 2.39. The summed E-state index contributed by atoms with van der Waals surface area (Å²) in [7, 11) is 2.01. The molecule has 2 aromatic rings. The quantitative estimate of drug-likeness (QED) is 0.937. The van der Waals surface area contributed by atoms with Gasteiger partial charge in [0.1, 0.15) is 0 Å². The van der Waals surface area contributed by atoms with Gasteiger partial charge in [-0.1, -0.05) is 31.2 Å². The van der Waals surface area contributed by atoms with E-state index >= 15 is 0 Å². The lowest BCUT2D eigenvalue weighted by atomic mass is 9.68. The average Bonchev–Trinajstić information content (AvgIpc) is 2.87. The summed E-state index contributed by atoms with van der Waals surface area (Å²) in [5, 5.41) is 14.7. The smallest absolute Gasteiger partial charge is 0.0624 e. The van der Waals surface area contributed by atoms with Crippen LogP contribution in [0.5, 0.6) is 0 Å². The van der Waals surface area contributed by atoms with Gasteiger partial charge in [0.05, 0.1) is 12.3 Å². The summed E-state index contributed by atoms with van der Waals surface area (Å²) in [5.74, 6) is 0. The molecule has 0 saturated carbocycles. The third kappa shape index (κ3) is 2.51. The van der Waals surface area contributed by atoms with Gasteiger partial charge in [-0.3, -0.25) is 4.68 Å². The Morgan fingerprint density at radius 2 is 2.14 bits per heavy atom. The van der Waals surface area contributed by atoms with Crippen molar-refractivity contribution in [2.24, 2.45) is 7.05 Å². The number of aryl methyl sites for hydroxylation is 3. The molecule has 0 radical (unpaired) electrons. The molecule has 0 aliphatic heterocycles. The summed E-state index contributed by atoms with van der Waals surface area (Å²) in [6.07, 6.45) is 5.15. The van der Waals surface area contributed by atoms with E-state index in [-0.39, 0.29) is 12.0 Å². The molecule has 1 aromatic carbocycles. The fourth-order valence-electron chi connectivity index (χ4n) is 3.67. The van der Waals surface area contributed by atoms with Crippen molar-refractivity contribution in [3.63, 3.8) is 0 Å². The Hall–Kier alpha value is -1.61. The normalized spacial score (nSPS) is 21.3. The lowest BCUT2D eigenvalue weighted by Crippen LogP contribution is -2.37. The van der Waals surface area contributed by atoms with E-state index in [1.807, 2.05) is 11.7 Å². The number of hydrogen-bond donors (Lipinski definition) is 1. The van der Waals surface area contributed by atoms with Crippen LogP contribution >= 0.6 is 0 Å². The van der Waals surface area contributed by atoms with E-state index in [9.17, 15) is 5.11 Å². The molecule has 1 unspecified atom stereocenters. The van der Waals surface area contributed by atoms with Crippen molar-refractivity contribution in [3.8, 4) is 0 Å². The Bertz CT molecular complexity index is 632. The zero-order chi connectivity index (χ0) is 14.9. The fourth-order valence-corrected chi connectivity index (χ4v) is 3.67. The Balaban J connectivity index is 2.00. The van der Waals surface area contributed by atoms with Gasteiger partial charge >= 0.3 is 0 Å². The number of aromatic nitrogens is 2. The fraction of sp³-hybridized carbons (Fsp3) is 0.500. The van der Waals surface area contributed by atoms with E-state index in [4.69, 9.17) is 0 Å². The molecule has 0 saturated heterocycles. The van der Waals surface area contributed by atoms with Crippen molar-refractivity contribution in [2.45, 2.75) is 44.4 Å². The first kappa shape index (κ1) is 14.3. The van der Waals surface area contributed by atoms with Crippen molar-refractivity contribution in [1.29, 1.82) is 0 Å². The van der Waals surface area contributed by atoms with Gasteiger partial charge in [-0.2, -0.15) is 5.10 Å². The van der Waals surface area contributed by atoms with E-state index in [1.165, 1.54) is 16.8 Å². The predicted molar refractivity (Wildman–Crippen MR) is 84.4 cm³/mol. The summed E-state index contributed by atoms with van der Waals surface area (Å²) >= 11 is 0. The minimum atomic E-state index is -0.145. The minimum absolute atomic E-state index is 0.145. The molecule has 1 aromatic heterocycles. The lowest BCUT2D eigenvalue weighted by Gasteiger charge is -2.38. The molecule has 0 amide bonds. The molecule has 1 aliphatic carbocycles. The van der Waals surface area contributed by atoms with Gasteiger partial charge in [0.25, 0.3) is 0 Å². The topological polar surface area (TPSA) is 38.0 Å². The number of benzene rings is 1. The number of aliphatic hydroxyl groups excluding tert-OH is 1. The standard InChI is InChI=1S/C18H24N2O/c1-3-15-11-16(20(2)19-15)12-18(13-21)10-6-8-14-7-4-5-9-17(14)18/h4-5,7,9,11,21H,3,6,8,10,12-13H2,1-2H3. The molecule has 0 bridgehead atoms. The monoisotopic (exact) mass is 284 g/mol. The number of rotatable bonds is 4. The number of nitrogens with zero attached hydrogens (tertiary/aromatic N) is 2. The average molecular weight is 284 g/mol. The lowest BCUT2D eigenvalue weighted by molar-refractivity contribution is 0.171. The van der Waals surface area contributed by atoms with Gasteiger partial charge in [-0.15, -0.1) is 0 Å². The summed E-state index contributed by atoms with van der Waals surface area (Å²) in [5.41, 5.74) is 4.93. The number of fused-ring (bicyclic) bond motifs is 1. The van der Waals surface area contributed by atoms with Crippen molar-refractivity contribution < 1.29 is 5.11 Å². The van der Waals surface area contributed by atoms with Crippen molar-refractivity contribution in [1.82, 2.24) is 9.78 Å². The molecule has 1 aliphatic rings. The molecular formula is C18H24N2O. The van der Waals surface area contributed by atoms with E-state index in [1.54, 1.807) is 0 Å². The second kappa shape index (κ2) is 5.64. The second-order valence-corrected chi connectivity index (χ2v) is 6.23. The highest BCUT2D eigenvalue weighted by Gasteiger charge is 2.36. The van der Waals surface area contributed by atoms with Gasteiger partial charge in [0.15, 0.2) is 0 Å². The third-order valence-corrected chi connectivity index (χ3v) is 4.90. The molecule has 112 valence electrons. The molecule has 3 nitrogen and oxygen atoms in total. The van der Waals surface area contributed by atoms with Crippen LogP contribution in [0.1, 0.15) is 42.3 Å². The molecule has 1 heterocycles. The molecule has 1 N–H and O–H groups in total. The summed E-state index contributed by atoms with van der Waals surface area (Å²) in [4.78, 5) is 0. The SMILES string of the molecule is CCc1cc(CC2(CO)CCCc3ccccc32)n(C)n1. The van der Waals surface area contributed by atoms with Crippen LogP contribution in [0, 0.1) is 0 Å². The highest BCUT2D eigenvalue weighted by molar-refractivity contribution is 5.38. The summed E-state index contributed by atoms with van der Waals surface area (Å²) in [6.45, 7) is 2.33. The highest BCUT2D eigenvalue weighted by atomic mass is 16.3. The molecule has 0 fully saturated rings. The van der Waals surface area contributed by atoms with Crippen molar-refractivity contribution >= 4 is 0 Å². The molecule has 1 atom stereocenters. The maximum Gasteiger partial charge on any atom is 0.0624 e. The largest absolute Gasteiger partial charge is 0.395 e. The summed E-state index contributed by atoms with van der Waals surface area (Å²) < 4.78 is 1.98. The number of hydrogen-bond acceptors (Lipinski definition) is 2. The van der Waals surface area contributed by atoms with E-state index in [0.717, 1.165) is 37.8 Å². The van der Waals surface area contributed by atoms with Crippen LogP contribution in [-0.4, -0.2) is 21.5 Å². The van der Waals surface area contributed by atoms with Gasteiger partial charge in [0.2, 0.25) is 0 Å². The first-order valence-electron chi connectivity index (χ1n) is 7.89.